The zero-order chi connectivity index (χ0) is 11.3. The van der Waals surface area contributed by atoms with Crippen LogP contribution >= 0.6 is 0 Å². The Balaban J connectivity index is 2.52. The van der Waals surface area contributed by atoms with Gasteiger partial charge in [-0.2, -0.15) is 0 Å². The van der Waals surface area contributed by atoms with E-state index in [1.807, 2.05) is 19.9 Å². The zero-order valence-electron chi connectivity index (χ0n) is 9.13. The van der Waals surface area contributed by atoms with Gasteiger partial charge in [0.2, 0.25) is 0 Å². The topological polar surface area (TPSA) is 12.0 Å². The summed E-state index contributed by atoms with van der Waals surface area (Å²) in [4.78, 5) is 0. The average Bonchev–Trinajstić information content (AvgIpc) is 2.17. The largest absolute Gasteiger partial charge is 0.301 e. The van der Waals surface area contributed by atoms with Crippen LogP contribution in [0.1, 0.15) is 19.4 Å². The Morgan fingerprint density at radius 1 is 1.47 bits per heavy atom. The molecule has 0 saturated carbocycles. The van der Waals surface area contributed by atoms with Crippen molar-refractivity contribution in [1.29, 1.82) is 0 Å². The third-order valence-electron chi connectivity index (χ3n) is 2.22. The molecule has 0 aliphatic carbocycles. The highest BCUT2D eigenvalue weighted by Gasteiger charge is 2.06. The van der Waals surface area contributed by atoms with Gasteiger partial charge in [0.1, 0.15) is 5.82 Å². The number of nitrogens with one attached hydrogen (secondary N) is 1. The lowest BCUT2D eigenvalue weighted by molar-refractivity contribution is 0.520. The van der Waals surface area contributed by atoms with Crippen LogP contribution in [-0.4, -0.2) is 12.1 Å². The Hall–Kier alpha value is -1.33. The molecule has 0 heterocycles. The highest BCUT2D eigenvalue weighted by atomic mass is 19.1. The summed E-state index contributed by atoms with van der Waals surface area (Å²) in [6.07, 6.45) is 6.05. The summed E-state index contributed by atoms with van der Waals surface area (Å²) in [7, 11) is 0. The highest BCUT2D eigenvalue weighted by molar-refractivity contribution is 5.17. The summed E-state index contributed by atoms with van der Waals surface area (Å²) < 4.78 is 12.9. The summed E-state index contributed by atoms with van der Waals surface area (Å²) in [5.41, 5.74) is 0.985. The van der Waals surface area contributed by atoms with Crippen molar-refractivity contribution in [3.8, 4) is 12.3 Å². The molecule has 2 atom stereocenters. The van der Waals surface area contributed by atoms with Gasteiger partial charge in [-0.05, 0) is 38.0 Å². The molecular weight excluding hydrogens is 189 g/mol. The molecule has 0 aliphatic heterocycles. The minimum atomic E-state index is -0.190. The molecular formula is C13H16FN. The molecule has 1 N–H and O–H groups in total. The van der Waals surface area contributed by atoms with Crippen molar-refractivity contribution in [3.05, 3.63) is 35.6 Å². The van der Waals surface area contributed by atoms with Gasteiger partial charge in [-0.1, -0.05) is 18.1 Å². The van der Waals surface area contributed by atoms with Gasteiger partial charge >= 0.3 is 0 Å². The second-order valence-electron chi connectivity index (χ2n) is 3.79. The molecule has 0 amide bonds. The van der Waals surface area contributed by atoms with Gasteiger partial charge in [-0.25, -0.2) is 4.39 Å². The van der Waals surface area contributed by atoms with Gasteiger partial charge < -0.3 is 5.32 Å². The monoisotopic (exact) mass is 205 g/mol. The second-order valence-corrected chi connectivity index (χ2v) is 3.79. The number of hydrogen-bond donors (Lipinski definition) is 1. The quantitative estimate of drug-likeness (QED) is 0.744. The van der Waals surface area contributed by atoms with Crippen molar-refractivity contribution in [2.24, 2.45) is 0 Å². The van der Waals surface area contributed by atoms with Crippen LogP contribution in [0.3, 0.4) is 0 Å². The van der Waals surface area contributed by atoms with Gasteiger partial charge in [0.25, 0.3) is 0 Å². The molecule has 0 aliphatic rings. The number of halogens is 1. The molecule has 1 aromatic rings. The van der Waals surface area contributed by atoms with E-state index in [1.165, 1.54) is 6.07 Å². The Bertz CT molecular complexity index is 354. The SMILES string of the molecule is C#CC(C)NC(C)Cc1cccc(F)c1. The van der Waals surface area contributed by atoms with Crippen molar-refractivity contribution in [2.75, 3.05) is 0 Å². The number of benzene rings is 1. The minimum Gasteiger partial charge on any atom is -0.301 e. The Morgan fingerprint density at radius 2 is 2.20 bits per heavy atom. The van der Waals surface area contributed by atoms with E-state index in [0.29, 0.717) is 0 Å². The Labute approximate surface area is 90.7 Å². The average molecular weight is 205 g/mol. The van der Waals surface area contributed by atoms with Gasteiger partial charge in [-0.3, -0.25) is 0 Å². The molecule has 2 heteroatoms. The van der Waals surface area contributed by atoms with E-state index < -0.39 is 0 Å². The molecule has 1 aromatic carbocycles. The molecule has 1 rings (SSSR count). The molecule has 0 saturated heterocycles. The maximum atomic E-state index is 12.9. The van der Waals surface area contributed by atoms with E-state index in [9.17, 15) is 4.39 Å². The molecule has 0 radical (unpaired) electrons. The smallest absolute Gasteiger partial charge is 0.123 e. The fraction of sp³-hybridized carbons (Fsp3) is 0.385. The predicted molar refractivity (Wildman–Crippen MR) is 61.0 cm³/mol. The normalized spacial score (nSPS) is 14.3. The molecule has 80 valence electrons. The van der Waals surface area contributed by atoms with Crippen LogP contribution in [0.5, 0.6) is 0 Å². The summed E-state index contributed by atoms with van der Waals surface area (Å²) in [6, 6.07) is 6.94. The standard InChI is InChI=1S/C13H16FN/c1-4-10(2)15-11(3)8-12-6-5-7-13(14)9-12/h1,5-7,9-11,15H,8H2,2-3H3. The van der Waals surface area contributed by atoms with Gasteiger partial charge in [0.15, 0.2) is 0 Å². The summed E-state index contributed by atoms with van der Waals surface area (Å²) in [5, 5.41) is 3.24. The molecule has 0 spiro atoms. The number of rotatable bonds is 4. The Morgan fingerprint density at radius 3 is 2.80 bits per heavy atom. The van der Waals surface area contributed by atoms with Gasteiger partial charge in [0, 0.05) is 6.04 Å². The molecule has 1 nitrogen and oxygen atoms in total. The van der Waals surface area contributed by atoms with E-state index in [-0.39, 0.29) is 17.9 Å². The van der Waals surface area contributed by atoms with Crippen molar-refractivity contribution in [3.63, 3.8) is 0 Å². The van der Waals surface area contributed by atoms with Crippen molar-refractivity contribution < 1.29 is 4.39 Å². The summed E-state index contributed by atoms with van der Waals surface area (Å²) in [6.45, 7) is 3.97. The van der Waals surface area contributed by atoms with Crippen LogP contribution in [0, 0.1) is 18.2 Å². The Kier molecular flexibility index (Phi) is 4.33. The molecule has 0 aromatic heterocycles. The first-order chi connectivity index (χ1) is 7.11. The number of terminal acetylenes is 1. The lowest BCUT2D eigenvalue weighted by atomic mass is 10.1. The van der Waals surface area contributed by atoms with E-state index in [1.54, 1.807) is 12.1 Å². The highest BCUT2D eigenvalue weighted by Crippen LogP contribution is 2.06. The first-order valence-corrected chi connectivity index (χ1v) is 5.08. The third kappa shape index (κ3) is 4.14. The molecule has 2 unspecified atom stereocenters. The summed E-state index contributed by atoms with van der Waals surface area (Å²) >= 11 is 0. The van der Waals surface area contributed by atoms with E-state index in [0.717, 1.165) is 12.0 Å². The first-order valence-electron chi connectivity index (χ1n) is 5.08. The maximum Gasteiger partial charge on any atom is 0.123 e. The van der Waals surface area contributed by atoms with Crippen molar-refractivity contribution >= 4 is 0 Å². The first kappa shape index (κ1) is 11.7. The fourth-order valence-corrected chi connectivity index (χ4v) is 1.55. The van der Waals surface area contributed by atoms with Gasteiger partial charge in [-0.15, -0.1) is 6.42 Å². The van der Waals surface area contributed by atoms with Crippen LogP contribution in [0.15, 0.2) is 24.3 Å². The lowest BCUT2D eigenvalue weighted by Crippen LogP contribution is -2.34. The third-order valence-corrected chi connectivity index (χ3v) is 2.22. The van der Waals surface area contributed by atoms with Crippen LogP contribution in [0.4, 0.5) is 4.39 Å². The van der Waals surface area contributed by atoms with E-state index >= 15 is 0 Å². The van der Waals surface area contributed by atoms with Crippen LogP contribution in [0.25, 0.3) is 0 Å². The van der Waals surface area contributed by atoms with Crippen molar-refractivity contribution in [1.82, 2.24) is 5.32 Å². The summed E-state index contributed by atoms with van der Waals surface area (Å²) in [5.74, 6) is 2.42. The molecule has 15 heavy (non-hydrogen) atoms. The molecule has 0 bridgehead atoms. The van der Waals surface area contributed by atoms with Crippen molar-refractivity contribution in [2.45, 2.75) is 32.4 Å². The van der Waals surface area contributed by atoms with E-state index in [2.05, 4.69) is 11.2 Å². The second kappa shape index (κ2) is 5.53. The van der Waals surface area contributed by atoms with Gasteiger partial charge in [0.05, 0.1) is 6.04 Å². The van der Waals surface area contributed by atoms with Crippen LogP contribution in [-0.2, 0) is 6.42 Å². The fourth-order valence-electron chi connectivity index (χ4n) is 1.55. The predicted octanol–water partition coefficient (Wildman–Crippen LogP) is 2.37. The number of hydrogen-bond acceptors (Lipinski definition) is 1. The lowest BCUT2D eigenvalue weighted by Gasteiger charge is -2.16. The molecule has 0 fully saturated rings. The maximum absolute atomic E-state index is 12.9. The minimum absolute atomic E-state index is 0.0496. The van der Waals surface area contributed by atoms with Crippen LogP contribution < -0.4 is 5.32 Å². The van der Waals surface area contributed by atoms with E-state index in [4.69, 9.17) is 6.42 Å². The zero-order valence-corrected chi connectivity index (χ0v) is 9.13. The van der Waals surface area contributed by atoms with Crippen LogP contribution in [0.2, 0.25) is 0 Å².